The Balaban J connectivity index is 3.03. The summed E-state index contributed by atoms with van der Waals surface area (Å²) in [4.78, 5) is 12.5. The van der Waals surface area contributed by atoms with Gasteiger partial charge in [-0.3, -0.25) is 4.79 Å². The summed E-state index contributed by atoms with van der Waals surface area (Å²) < 4.78 is 38.6. The van der Waals surface area contributed by atoms with E-state index < -0.39 is 11.7 Å². The number of carbonyl (C=O) groups is 1. The number of hydrogen-bond donors (Lipinski definition) is 2. The van der Waals surface area contributed by atoms with Crippen molar-refractivity contribution in [3.63, 3.8) is 0 Å². The highest BCUT2D eigenvalue weighted by molar-refractivity contribution is 7.80. The number of rotatable bonds is 5. The Morgan fingerprint density at radius 2 is 2.05 bits per heavy atom. The molecule has 0 aliphatic rings. The molecule has 0 aliphatic heterocycles. The van der Waals surface area contributed by atoms with Crippen LogP contribution >= 0.6 is 12.2 Å². The molecule has 0 heterocycles. The summed E-state index contributed by atoms with van der Waals surface area (Å²) in [5, 5.41) is 2.48. The SMILES string of the molecule is CNC(=O)CCN(C)c1ccc(C(F)(F)F)c(C(N)=S)c1. The summed E-state index contributed by atoms with van der Waals surface area (Å²) in [7, 11) is 3.19. The minimum Gasteiger partial charge on any atom is -0.389 e. The standard InChI is InChI=1S/C13H16F3N3OS/c1-18-11(20)5-6-19(2)8-3-4-10(13(14,15)16)9(7-8)12(17)21/h3-4,7H,5-6H2,1-2H3,(H2,17,21)(H,18,20). The maximum atomic E-state index is 12.9. The minimum absolute atomic E-state index is 0.150. The average Bonchev–Trinajstić information content (AvgIpc) is 2.42. The molecule has 0 unspecified atom stereocenters. The minimum atomic E-state index is -4.52. The first-order valence-corrected chi connectivity index (χ1v) is 6.50. The van der Waals surface area contributed by atoms with E-state index in [1.165, 1.54) is 19.2 Å². The van der Waals surface area contributed by atoms with Gasteiger partial charge in [0.05, 0.1) is 5.56 Å². The molecule has 1 aromatic carbocycles. The first-order valence-electron chi connectivity index (χ1n) is 6.09. The van der Waals surface area contributed by atoms with E-state index in [1.807, 2.05) is 0 Å². The van der Waals surface area contributed by atoms with Gasteiger partial charge in [0.2, 0.25) is 5.91 Å². The zero-order valence-corrected chi connectivity index (χ0v) is 12.4. The molecule has 1 amide bonds. The number of anilines is 1. The lowest BCUT2D eigenvalue weighted by molar-refractivity contribution is -0.137. The van der Waals surface area contributed by atoms with Crippen LogP contribution in [0.3, 0.4) is 0 Å². The Morgan fingerprint density at radius 3 is 2.52 bits per heavy atom. The van der Waals surface area contributed by atoms with Crippen molar-refractivity contribution in [2.45, 2.75) is 12.6 Å². The van der Waals surface area contributed by atoms with Crippen molar-refractivity contribution >= 4 is 28.8 Å². The summed E-state index contributed by atoms with van der Waals surface area (Å²) in [6, 6.07) is 3.56. The van der Waals surface area contributed by atoms with Gasteiger partial charge in [-0.1, -0.05) is 12.2 Å². The van der Waals surface area contributed by atoms with E-state index in [0.717, 1.165) is 6.07 Å². The van der Waals surface area contributed by atoms with Crippen molar-refractivity contribution in [1.29, 1.82) is 0 Å². The van der Waals surface area contributed by atoms with Gasteiger partial charge in [-0.15, -0.1) is 0 Å². The fraction of sp³-hybridized carbons (Fsp3) is 0.385. The molecule has 0 radical (unpaired) electrons. The van der Waals surface area contributed by atoms with Gasteiger partial charge in [0, 0.05) is 38.3 Å². The number of benzene rings is 1. The second kappa shape index (κ2) is 6.75. The molecule has 8 heteroatoms. The number of thiocarbonyl (C=S) groups is 1. The second-order valence-corrected chi connectivity index (χ2v) is 4.88. The number of amides is 1. The van der Waals surface area contributed by atoms with E-state index in [-0.39, 0.29) is 22.9 Å². The number of halogens is 3. The lowest BCUT2D eigenvalue weighted by Crippen LogP contribution is -2.27. The van der Waals surface area contributed by atoms with Gasteiger partial charge in [-0.25, -0.2) is 0 Å². The fourth-order valence-corrected chi connectivity index (χ4v) is 1.91. The van der Waals surface area contributed by atoms with E-state index in [9.17, 15) is 18.0 Å². The number of nitrogens with zero attached hydrogens (tertiary/aromatic N) is 1. The van der Waals surface area contributed by atoms with Gasteiger partial charge in [0.1, 0.15) is 4.99 Å². The Kier molecular flexibility index (Phi) is 5.54. The summed E-state index contributed by atoms with van der Waals surface area (Å²) in [6.07, 6.45) is -4.28. The molecule has 0 bridgehead atoms. The van der Waals surface area contributed by atoms with Crippen LogP contribution < -0.4 is 16.0 Å². The quantitative estimate of drug-likeness (QED) is 0.814. The molecule has 0 aliphatic carbocycles. The molecule has 0 fully saturated rings. The molecule has 0 spiro atoms. The fourth-order valence-electron chi connectivity index (χ4n) is 1.74. The van der Waals surface area contributed by atoms with Crippen molar-refractivity contribution in [3.05, 3.63) is 29.3 Å². The third kappa shape index (κ3) is 4.59. The van der Waals surface area contributed by atoms with Crippen LogP contribution in [-0.2, 0) is 11.0 Å². The van der Waals surface area contributed by atoms with Gasteiger partial charge in [0.15, 0.2) is 0 Å². The molecular weight excluding hydrogens is 303 g/mol. The first-order chi connectivity index (χ1) is 9.66. The van der Waals surface area contributed by atoms with E-state index in [4.69, 9.17) is 5.73 Å². The van der Waals surface area contributed by atoms with E-state index in [1.54, 1.807) is 11.9 Å². The third-order valence-electron chi connectivity index (χ3n) is 2.97. The Bertz CT molecular complexity index is 546. The van der Waals surface area contributed by atoms with Crippen molar-refractivity contribution in [2.75, 3.05) is 25.5 Å². The number of nitrogens with two attached hydrogens (primary N) is 1. The van der Waals surface area contributed by atoms with Gasteiger partial charge in [-0.2, -0.15) is 13.2 Å². The molecule has 21 heavy (non-hydrogen) atoms. The van der Waals surface area contributed by atoms with Crippen LogP contribution in [0.5, 0.6) is 0 Å². The second-order valence-electron chi connectivity index (χ2n) is 4.44. The van der Waals surface area contributed by atoms with Crippen LogP contribution in [0.2, 0.25) is 0 Å². The van der Waals surface area contributed by atoms with Crippen LogP contribution in [0.15, 0.2) is 18.2 Å². The predicted octanol–water partition coefficient (Wildman–Crippen LogP) is 1.91. The lowest BCUT2D eigenvalue weighted by atomic mass is 10.1. The zero-order chi connectivity index (χ0) is 16.2. The average molecular weight is 319 g/mol. The monoisotopic (exact) mass is 319 g/mol. The molecule has 116 valence electrons. The molecular formula is C13H16F3N3OS. The lowest BCUT2D eigenvalue weighted by Gasteiger charge is -2.21. The highest BCUT2D eigenvalue weighted by Crippen LogP contribution is 2.33. The summed E-state index contributed by atoms with van der Waals surface area (Å²) in [5.74, 6) is -0.150. The van der Waals surface area contributed by atoms with Gasteiger partial charge < -0.3 is 16.0 Å². The molecule has 4 nitrogen and oxygen atoms in total. The van der Waals surface area contributed by atoms with Gasteiger partial charge >= 0.3 is 6.18 Å². The highest BCUT2D eigenvalue weighted by atomic mass is 32.1. The number of carbonyl (C=O) groups excluding carboxylic acids is 1. The third-order valence-corrected chi connectivity index (χ3v) is 3.19. The van der Waals surface area contributed by atoms with Crippen molar-refractivity contribution in [1.82, 2.24) is 5.32 Å². The van der Waals surface area contributed by atoms with Gasteiger partial charge in [0.25, 0.3) is 0 Å². The van der Waals surface area contributed by atoms with Gasteiger partial charge in [-0.05, 0) is 18.2 Å². The number of nitrogens with one attached hydrogen (secondary N) is 1. The Hall–Kier alpha value is -1.83. The van der Waals surface area contributed by atoms with Crippen LogP contribution in [0.25, 0.3) is 0 Å². The van der Waals surface area contributed by atoms with Crippen LogP contribution in [0.4, 0.5) is 18.9 Å². The predicted molar refractivity (Wildman–Crippen MR) is 79.3 cm³/mol. The molecule has 0 saturated heterocycles. The molecule has 1 aromatic rings. The van der Waals surface area contributed by atoms with Crippen molar-refractivity contribution < 1.29 is 18.0 Å². The van der Waals surface area contributed by atoms with Crippen LogP contribution in [0, 0.1) is 0 Å². The Labute approximate surface area is 126 Å². The molecule has 0 saturated carbocycles. The number of alkyl halides is 3. The summed E-state index contributed by atoms with van der Waals surface area (Å²) in [5.41, 5.74) is 4.80. The maximum Gasteiger partial charge on any atom is 0.417 e. The van der Waals surface area contributed by atoms with Crippen LogP contribution in [0.1, 0.15) is 17.5 Å². The van der Waals surface area contributed by atoms with E-state index >= 15 is 0 Å². The van der Waals surface area contributed by atoms with Crippen LogP contribution in [-0.4, -0.2) is 31.5 Å². The highest BCUT2D eigenvalue weighted by Gasteiger charge is 2.34. The molecule has 3 N–H and O–H groups in total. The zero-order valence-electron chi connectivity index (χ0n) is 11.6. The summed E-state index contributed by atoms with van der Waals surface area (Å²) in [6.45, 7) is 0.363. The summed E-state index contributed by atoms with van der Waals surface area (Å²) >= 11 is 4.68. The molecule has 0 atom stereocenters. The van der Waals surface area contributed by atoms with Crippen molar-refractivity contribution in [2.24, 2.45) is 5.73 Å². The topological polar surface area (TPSA) is 58.4 Å². The smallest absolute Gasteiger partial charge is 0.389 e. The largest absolute Gasteiger partial charge is 0.417 e. The van der Waals surface area contributed by atoms with E-state index in [2.05, 4.69) is 17.5 Å². The number of hydrogen-bond acceptors (Lipinski definition) is 3. The molecule has 1 rings (SSSR count). The normalized spacial score (nSPS) is 11.1. The maximum absolute atomic E-state index is 12.9. The van der Waals surface area contributed by atoms with Crippen molar-refractivity contribution in [3.8, 4) is 0 Å². The Morgan fingerprint density at radius 1 is 1.43 bits per heavy atom. The van der Waals surface area contributed by atoms with E-state index in [0.29, 0.717) is 12.2 Å². The first kappa shape index (κ1) is 17.2. The molecule has 0 aromatic heterocycles.